The molecule has 202 valence electrons. The van der Waals surface area contributed by atoms with Crippen LogP contribution in [0.15, 0.2) is 53.3 Å². The lowest BCUT2D eigenvalue weighted by Crippen LogP contribution is -2.20. The molecule has 39 heavy (non-hydrogen) atoms. The molecule has 0 aliphatic rings. The zero-order chi connectivity index (χ0) is 27.4. The topological polar surface area (TPSA) is 104 Å². The number of ketones is 1. The summed E-state index contributed by atoms with van der Waals surface area (Å²) < 4.78 is 33.9. The van der Waals surface area contributed by atoms with Crippen LogP contribution in [0.4, 0.5) is 4.39 Å². The van der Waals surface area contributed by atoms with E-state index in [0.29, 0.717) is 35.9 Å². The number of rotatable bonds is 12. The molecule has 0 saturated heterocycles. The van der Waals surface area contributed by atoms with Crippen molar-refractivity contribution in [3.05, 3.63) is 77.3 Å². The predicted octanol–water partition coefficient (Wildman–Crippen LogP) is 5.01. The number of methoxy groups -OCH3 is 1. The zero-order valence-corrected chi connectivity index (χ0v) is 22.7. The summed E-state index contributed by atoms with van der Waals surface area (Å²) in [7, 11) is 3.65. The van der Waals surface area contributed by atoms with Gasteiger partial charge in [0.1, 0.15) is 23.1 Å². The van der Waals surface area contributed by atoms with E-state index in [1.807, 2.05) is 23.9 Å². The predicted molar refractivity (Wildman–Crippen MR) is 146 cm³/mol. The van der Waals surface area contributed by atoms with E-state index in [4.69, 9.17) is 14.0 Å². The second kappa shape index (κ2) is 11.9. The van der Waals surface area contributed by atoms with Crippen molar-refractivity contribution in [1.82, 2.24) is 25.0 Å². The van der Waals surface area contributed by atoms with Gasteiger partial charge in [-0.05, 0) is 30.7 Å². The number of aromatic nitrogens is 4. The van der Waals surface area contributed by atoms with Crippen LogP contribution in [-0.2, 0) is 36.0 Å². The van der Waals surface area contributed by atoms with E-state index in [1.54, 1.807) is 44.5 Å². The number of nitrogens with zero attached hydrogens (tertiary/aromatic N) is 4. The number of carbonyl (C=O) groups excluding carboxylic acids is 1. The third-order valence-corrected chi connectivity index (χ3v) is 7.28. The molecule has 4 heterocycles. The van der Waals surface area contributed by atoms with Gasteiger partial charge < -0.3 is 23.9 Å². The lowest BCUT2D eigenvalue weighted by Gasteiger charge is -2.09. The first kappa shape index (κ1) is 26.7. The minimum atomic E-state index is -0.547. The van der Waals surface area contributed by atoms with Crippen molar-refractivity contribution < 1.29 is 23.2 Å². The number of aryl methyl sites for hydroxylation is 1. The average Bonchev–Trinajstić information content (AvgIpc) is 3.62. The Balaban J connectivity index is 1.30. The van der Waals surface area contributed by atoms with Gasteiger partial charge in [-0.1, -0.05) is 11.2 Å². The Morgan fingerprint density at radius 3 is 2.79 bits per heavy atom. The number of imidazole rings is 1. The van der Waals surface area contributed by atoms with Crippen LogP contribution >= 0.6 is 11.3 Å². The van der Waals surface area contributed by atoms with Crippen LogP contribution in [0.25, 0.3) is 20.9 Å². The first-order chi connectivity index (χ1) is 18.9. The Bertz CT molecular complexity index is 1610. The summed E-state index contributed by atoms with van der Waals surface area (Å²) in [6.07, 6.45) is 3.70. The van der Waals surface area contributed by atoms with E-state index in [9.17, 15) is 9.18 Å². The Morgan fingerprint density at radius 1 is 1.15 bits per heavy atom. The van der Waals surface area contributed by atoms with Crippen LogP contribution in [0.3, 0.4) is 0 Å². The minimum Gasteiger partial charge on any atom is -0.453 e. The lowest BCUT2D eigenvalue weighted by atomic mass is 10.1. The molecule has 0 spiro atoms. The van der Waals surface area contributed by atoms with E-state index >= 15 is 0 Å². The number of carbonyl (C=O) groups is 1. The maximum absolute atomic E-state index is 15.0. The lowest BCUT2D eigenvalue weighted by molar-refractivity contribution is -0.117. The van der Waals surface area contributed by atoms with Crippen molar-refractivity contribution in [3.8, 4) is 22.2 Å². The number of pyridine rings is 1. The first-order valence-corrected chi connectivity index (χ1v) is 13.2. The van der Waals surface area contributed by atoms with E-state index in [1.165, 1.54) is 17.4 Å². The molecule has 9 nitrogen and oxygen atoms in total. The van der Waals surface area contributed by atoms with Crippen molar-refractivity contribution in [2.24, 2.45) is 7.05 Å². The summed E-state index contributed by atoms with van der Waals surface area (Å²) in [4.78, 5) is 22.4. The summed E-state index contributed by atoms with van der Waals surface area (Å²) in [5, 5.41) is 7.17. The van der Waals surface area contributed by atoms with Gasteiger partial charge in [-0.2, -0.15) is 0 Å². The number of ether oxygens (including phenoxy) is 2. The molecule has 0 unspecified atom stereocenters. The van der Waals surface area contributed by atoms with Gasteiger partial charge in [0.05, 0.1) is 45.7 Å². The Morgan fingerprint density at radius 2 is 2.03 bits per heavy atom. The largest absolute Gasteiger partial charge is 0.453 e. The van der Waals surface area contributed by atoms with Gasteiger partial charge in [0.2, 0.25) is 0 Å². The second-order valence-corrected chi connectivity index (χ2v) is 10.2. The summed E-state index contributed by atoms with van der Waals surface area (Å²) in [5.41, 5.74) is 2.90. The Kier molecular flexibility index (Phi) is 8.10. The number of hydrogen-bond acceptors (Lipinski definition) is 9. The van der Waals surface area contributed by atoms with Crippen molar-refractivity contribution in [3.63, 3.8) is 0 Å². The third-order valence-electron chi connectivity index (χ3n) is 6.14. The molecule has 0 fully saturated rings. The van der Waals surface area contributed by atoms with Gasteiger partial charge in [0.25, 0.3) is 0 Å². The summed E-state index contributed by atoms with van der Waals surface area (Å²) in [6.45, 7) is 3.83. The number of hydrogen-bond donors (Lipinski definition) is 1. The molecule has 0 bridgehead atoms. The zero-order valence-electron chi connectivity index (χ0n) is 21.9. The van der Waals surface area contributed by atoms with Gasteiger partial charge in [-0.25, -0.2) is 9.37 Å². The fourth-order valence-corrected chi connectivity index (χ4v) is 5.28. The van der Waals surface area contributed by atoms with Gasteiger partial charge in [0, 0.05) is 52.0 Å². The smallest absolute Gasteiger partial charge is 0.166 e. The van der Waals surface area contributed by atoms with Crippen molar-refractivity contribution in [2.75, 3.05) is 20.3 Å². The fraction of sp³-hybridized carbons (Fsp3) is 0.286. The molecule has 0 amide bonds. The van der Waals surface area contributed by atoms with Gasteiger partial charge in [-0.3, -0.25) is 9.78 Å². The average molecular weight is 550 g/mol. The molecule has 0 aliphatic heterocycles. The maximum atomic E-state index is 15.0. The number of thiophene rings is 1. The quantitative estimate of drug-likeness (QED) is 0.217. The highest BCUT2D eigenvalue weighted by Gasteiger charge is 2.17. The first-order valence-electron chi connectivity index (χ1n) is 12.4. The highest BCUT2D eigenvalue weighted by atomic mass is 32.1. The van der Waals surface area contributed by atoms with Gasteiger partial charge in [0.15, 0.2) is 11.6 Å². The molecule has 0 radical (unpaired) electrons. The van der Waals surface area contributed by atoms with Gasteiger partial charge in [-0.15, -0.1) is 11.3 Å². The standard InChI is InChI=1S/C28H28FN5O4S/c1-17-10-19(33-38-17)13-21(35)11-18-4-5-24(22(29)12-18)37-25-6-7-31-23-14-26(39-27(23)25)28-32-16-20(34(28)2)15-30-8-9-36-3/h4-7,10,12,14,16,30H,8-9,11,13,15H2,1-3H3. The molecule has 0 atom stereocenters. The highest BCUT2D eigenvalue weighted by molar-refractivity contribution is 7.22. The fourth-order valence-electron chi connectivity index (χ4n) is 4.18. The SMILES string of the molecule is COCCNCc1cnc(-c2cc3nccc(Oc4ccc(CC(=O)Cc5cc(C)on5)cc4F)c3s2)n1C. The molecular formula is C28H28FN5O4S. The molecule has 0 aliphatic carbocycles. The normalized spacial score (nSPS) is 11.4. The van der Waals surface area contributed by atoms with Crippen LogP contribution in [-0.4, -0.2) is 45.7 Å². The van der Waals surface area contributed by atoms with Crippen molar-refractivity contribution >= 4 is 27.3 Å². The number of Topliss-reactive ketones (excluding diaryl/α,β-unsaturated/α-hetero) is 1. The monoisotopic (exact) mass is 549 g/mol. The second-order valence-electron chi connectivity index (χ2n) is 9.12. The Labute approximate surface area is 228 Å². The van der Waals surface area contributed by atoms with Crippen LogP contribution in [0.5, 0.6) is 11.5 Å². The summed E-state index contributed by atoms with van der Waals surface area (Å²) >= 11 is 1.48. The molecule has 4 aromatic heterocycles. The van der Waals surface area contributed by atoms with Gasteiger partial charge >= 0.3 is 0 Å². The number of benzene rings is 1. The molecular weight excluding hydrogens is 521 g/mol. The van der Waals surface area contributed by atoms with E-state index in [2.05, 4.69) is 20.4 Å². The van der Waals surface area contributed by atoms with E-state index < -0.39 is 5.82 Å². The molecule has 5 rings (SSSR count). The molecule has 5 aromatic rings. The summed E-state index contributed by atoms with van der Waals surface area (Å²) in [6, 6.07) is 9.95. The van der Waals surface area contributed by atoms with Crippen molar-refractivity contribution in [1.29, 1.82) is 0 Å². The number of fused-ring (bicyclic) bond motifs is 1. The van der Waals surface area contributed by atoms with Crippen LogP contribution in [0, 0.1) is 12.7 Å². The number of nitrogens with one attached hydrogen (secondary N) is 1. The van der Waals surface area contributed by atoms with Crippen LogP contribution in [0.2, 0.25) is 0 Å². The Hall–Kier alpha value is -3.93. The molecule has 1 N–H and O–H groups in total. The molecule has 11 heteroatoms. The molecule has 0 saturated carbocycles. The maximum Gasteiger partial charge on any atom is 0.166 e. The van der Waals surface area contributed by atoms with E-state index in [0.717, 1.165) is 33.2 Å². The third kappa shape index (κ3) is 6.22. The van der Waals surface area contributed by atoms with Crippen LogP contribution < -0.4 is 10.1 Å². The minimum absolute atomic E-state index is 0.0715. The highest BCUT2D eigenvalue weighted by Crippen LogP contribution is 2.39. The van der Waals surface area contributed by atoms with Crippen molar-refractivity contribution in [2.45, 2.75) is 26.3 Å². The summed E-state index contributed by atoms with van der Waals surface area (Å²) in [5.74, 6) is 1.39. The van der Waals surface area contributed by atoms with Crippen LogP contribution in [0.1, 0.15) is 22.7 Å². The number of halogens is 1. The molecule has 1 aromatic carbocycles. The van der Waals surface area contributed by atoms with E-state index in [-0.39, 0.29) is 24.4 Å².